The molecule has 2 aliphatic rings. The van der Waals surface area contributed by atoms with E-state index < -0.39 is 5.51 Å². The van der Waals surface area contributed by atoms with Gasteiger partial charge in [-0.05, 0) is 86.1 Å². The highest BCUT2D eigenvalue weighted by molar-refractivity contribution is 8.00. The smallest absolute Gasteiger partial charge is 0.382 e. The van der Waals surface area contributed by atoms with E-state index in [0.29, 0.717) is 19.5 Å². The van der Waals surface area contributed by atoms with Crippen molar-refractivity contribution in [1.82, 2.24) is 9.80 Å². The van der Waals surface area contributed by atoms with Crippen molar-refractivity contribution in [3.8, 4) is 0 Å². The number of hydrogen-bond donors (Lipinski definition) is 1. The molecule has 0 bridgehead atoms. The predicted molar refractivity (Wildman–Crippen MR) is 148 cm³/mol. The van der Waals surface area contributed by atoms with Crippen LogP contribution in [0.1, 0.15) is 33.1 Å². The number of nitrogens with one attached hydrogen (secondary N) is 1. The maximum absolute atomic E-state index is 12.7. The lowest BCUT2D eigenvalue weighted by Crippen LogP contribution is -2.47. The highest BCUT2D eigenvalue weighted by Gasteiger charge is 2.29. The largest absolute Gasteiger partial charge is 0.446 e. The molecule has 4 rings (SSSR count). The van der Waals surface area contributed by atoms with Crippen molar-refractivity contribution in [3.05, 3.63) is 53.6 Å². The fraction of sp³-hybridized carbons (Fsp3) is 0.519. The van der Waals surface area contributed by atoms with Crippen molar-refractivity contribution < 1.29 is 18.0 Å². The van der Waals surface area contributed by atoms with E-state index in [4.69, 9.17) is 11.6 Å². The van der Waals surface area contributed by atoms with Crippen LogP contribution in [0.5, 0.6) is 0 Å². The predicted octanol–water partition coefficient (Wildman–Crippen LogP) is 6.59. The third-order valence-corrected chi connectivity index (χ3v) is 7.73. The highest BCUT2D eigenvalue weighted by Crippen LogP contribution is 2.37. The molecule has 2 saturated heterocycles. The van der Waals surface area contributed by atoms with E-state index in [9.17, 15) is 18.0 Å². The molecule has 2 fully saturated rings. The Bertz CT molecular complexity index is 975. The Morgan fingerprint density at radius 3 is 2.16 bits per heavy atom. The summed E-state index contributed by atoms with van der Waals surface area (Å²) in [5.41, 5.74) is -2.27. The standard InChI is InChI=1S/C26H32ClF3N4OS.CH4/c27-20-3-7-23(8-4-20)33-18-16-32(17-19-33)13-1-2-25(35)34-14-11-22(12-15-34)31-21-5-9-24(10-6-21)36-26(28,29)30;/h3-10,22,31H,1-2,11-19H2;1H4. The molecule has 0 spiro atoms. The fourth-order valence-electron chi connectivity index (χ4n) is 4.76. The summed E-state index contributed by atoms with van der Waals surface area (Å²) in [7, 11) is 0. The Hall–Kier alpha value is -2.10. The lowest BCUT2D eigenvalue weighted by atomic mass is 10.0. The molecule has 5 nitrogen and oxygen atoms in total. The molecule has 2 aromatic rings. The summed E-state index contributed by atoms with van der Waals surface area (Å²) >= 11 is 5.88. The van der Waals surface area contributed by atoms with Crippen LogP contribution in [-0.2, 0) is 4.79 Å². The fourth-order valence-corrected chi connectivity index (χ4v) is 5.42. The van der Waals surface area contributed by atoms with Crippen molar-refractivity contribution >= 4 is 40.6 Å². The van der Waals surface area contributed by atoms with Crippen molar-refractivity contribution in [2.75, 3.05) is 56.0 Å². The summed E-state index contributed by atoms with van der Waals surface area (Å²) in [6.07, 6.45) is 3.09. The van der Waals surface area contributed by atoms with Gasteiger partial charge in [0.05, 0.1) is 0 Å². The van der Waals surface area contributed by atoms with Crippen LogP contribution in [0, 0.1) is 0 Å². The zero-order chi connectivity index (χ0) is 25.5. The number of anilines is 2. The molecule has 204 valence electrons. The number of piperazine rings is 1. The molecule has 2 aromatic carbocycles. The van der Waals surface area contributed by atoms with E-state index in [-0.39, 0.29) is 36.0 Å². The first kappa shape index (κ1) is 29.5. The van der Waals surface area contributed by atoms with E-state index in [1.165, 1.54) is 17.8 Å². The second-order valence-electron chi connectivity index (χ2n) is 9.28. The third kappa shape index (κ3) is 9.30. The number of carbonyl (C=O) groups is 1. The zero-order valence-corrected chi connectivity index (χ0v) is 21.7. The molecular formula is C27H36ClF3N4OS. The minimum absolute atomic E-state index is 0. The number of alkyl halides is 3. The number of amides is 1. The Kier molecular flexibility index (Phi) is 10.8. The number of rotatable bonds is 8. The van der Waals surface area contributed by atoms with Crippen molar-refractivity contribution in [2.24, 2.45) is 0 Å². The van der Waals surface area contributed by atoms with Gasteiger partial charge in [-0.15, -0.1) is 0 Å². The van der Waals surface area contributed by atoms with E-state index in [0.717, 1.165) is 62.7 Å². The van der Waals surface area contributed by atoms with Crippen molar-refractivity contribution in [3.63, 3.8) is 0 Å². The van der Waals surface area contributed by atoms with Gasteiger partial charge in [0.15, 0.2) is 0 Å². The number of carbonyl (C=O) groups excluding carboxylic acids is 1. The van der Waals surface area contributed by atoms with Gasteiger partial charge in [0.1, 0.15) is 0 Å². The van der Waals surface area contributed by atoms with Crippen LogP contribution >= 0.6 is 23.4 Å². The summed E-state index contributed by atoms with van der Waals surface area (Å²) in [6, 6.07) is 14.5. The number of piperidine rings is 1. The van der Waals surface area contributed by atoms with Gasteiger partial charge in [-0.1, -0.05) is 19.0 Å². The van der Waals surface area contributed by atoms with Crippen LogP contribution in [-0.4, -0.2) is 73.1 Å². The highest BCUT2D eigenvalue weighted by atomic mass is 35.5. The van der Waals surface area contributed by atoms with Gasteiger partial charge < -0.3 is 15.1 Å². The maximum Gasteiger partial charge on any atom is 0.446 e. The summed E-state index contributed by atoms with van der Waals surface area (Å²) in [5, 5.41) is 4.14. The van der Waals surface area contributed by atoms with Crippen LogP contribution in [0.3, 0.4) is 0 Å². The van der Waals surface area contributed by atoms with Gasteiger partial charge in [-0.2, -0.15) is 13.2 Å². The summed E-state index contributed by atoms with van der Waals surface area (Å²) in [4.78, 5) is 19.6. The Morgan fingerprint density at radius 1 is 0.946 bits per heavy atom. The van der Waals surface area contributed by atoms with Gasteiger partial charge in [0.25, 0.3) is 0 Å². The first-order valence-corrected chi connectivity index (χ1v) is 13.6. The Balaban J connectivity index is 0.00000380. The second kappa shape index (κ2) is 13.6. The van der Waals surface area contributed by atoms with Gasteiger partial charge >= 0.3 is 5.51 Å². The Morgan fingerprint density at radius 2 is 1.57 bits per heavy atom. The second-order valence-corrected chi connectivity index (χ2v) is 10.9. The first-order valence-electron chi connectivity index (χ1n) is 12.4. The van der Waals surface area contributed by atoms with Gasteiger partial charge in [0.2, 0.25) is 5.91 Å². The average Bonchev–Trinajstić information content (AvgIpc) is 2.86. The van der Waals surface area contributed by atoms with Gasteiger partial charge in [-0.3, -0.25) is 9.69 Å². The topological polar surface area (TPSA) is 38.8 Å². The average molecular weight is 557 g/mol. The van der Waals surface area contributed by atoms with E-state index in [2.05, 4.69) is 27.2 Å². The van der Waals surface area contributed by atoms with Crippen molar-refractivity contribution in [2.45, 2.75) is 49.6 Å². The molecular weight excluding hydrogens is 521 g/mol. The molecule has 0 saturated carbocycles. The number of benzene rings is 2. The zero-order valence-electron chi connectivity index (χ0n) is 20.1. The van der Waals surface area contributed by atoms with Gasteiger partial charge in [-0.25, -0.2) is 0 Å². The van der Waals surface area contributed by atoms with E-state index >= 15 is 0 Å². The number of hydrogen-bond acceptors (Lipinski definition) is 5. The van der Waals surface area contributed by atoms with Crippen LogP contribution in [0.4, 0.5) is 24.5 Å². The van der Waals surface area contributed by atoms with Crippen LogP contribution in [0.15, 0.2) is 53.4 Å². The van der Waals surface area contributed by atoms with Crippen LogP contribution in [0.25, 0.3) is 0 Å². The monoisotopic (exact) mass is 556 g/mol. The number of likely N-dealkylation sites (tertiary alicyclic amines) is 1. The normalized spacial score (nSPS) is 17.4. The number of nitrogens with zero attached hydrogens (tertiary/aromatic N) is 3. The van der Waals surface area contributed by atoms with E-state index in [1.54, 1.807) is 12.1 Å². The van der Waals surface area contributed by atoms with Crippen LogP contribution < -0.4 is 10.2 Å². The minimum atomic E-state index is -4.28. The molecule has 10 heteroatoms. The lowest BCUT2D eigenvalue weighted by molar-refractivity contribution is -0.132. The molecule has 0 unspecified atom stereocenters. The third-order valence-electron chi connectivity index (χ3n) is 6.74. The SMILES string of the molecule is C.O=C(CCCN1CCN(c2ccc(Cl)cc2)CC1)N1CCC(Nc2ccc(SC(F)(F)F)cc2)CC1. The minimum Gasteiger partial charge on any atom is -0.382 e. The lowest BCUT2D eigenvalue weighted by Gasteiger charge is -2.36. The summed E-state index contributed by atoms with van der Waals surface area (Å²) < 4.78 is 37.4. The molecule has 37 heavy (non-hydrogen) atoms. The molecule has 0 atom stereocenters. The molecule has 1 N–H and O–H groups in total. The molecule has 2 aliphatic heterocycles. The summed E-state index contributed by atoms with van der Waals surface area (Å²) in [6.45, 7) is 6.27. The molecule has 1 amide bonds. The quantitative estimate of drug-likeness (QED) is 0.371. The maximum atomic E-state index is 12.7. The number of halogens is 4. The first-order chi connectivity index (χ1) is 17.2. The Labute approximate surface area is 227 Å². The molecule has 2 heterocycles. The number of thioether (sulfide) groups is 1. The molecule has 0 aliphatic carbocycles. The summed E-state index contributed by atoms with van der Waals surface area (Å²) in [5.74, 6) is 0.210. The van der Waals surface area contributed by atoms with E-state index in [1.807, 2.05) is 17.0 Å². The van der Waals surface area contributed by atoms with Gasteiger partial charge in [0, 0.05) is 73.0 Å². The van der Waals surface area contributed by atoms with Crippen LogP contribution in [0.2, 0.25) is 5.02 Å². The molecule has 0 radical (unpaired) electrons. The van der Waals surface area contributed by atoms with Crippen molar-refractivity contribution in [1.29, 1.82) is 0 Å². The molecule has 0 aromatic heterocycles.